The van der Waals surface area contributed by atoms with Crippen LogP contribution in [0, 0.1) is 47.3 Å². The molecule has 6 aliphatic heterocycles. The second-order valence-corrected chi connectivity index (χ2v) is 23.4. The number of hydrogen-bond acceptors (Lipinski definition) is 8. The monoisotopic (exact) mass is 910 g/mol. The molecule has 65 heavy (non-hydrogen) atoms. The second kappa shape index (κ2) is 28.6. The van der Waals surface area contributed by atoms with E-state index in [-0.39, 0.29) is 0 Å². The smallest absolute Gasteiger partial charge is 0.165 e. The van der Waals surface area contributed by atoms with E-state index in [1.54, 1.807) is 0 Å². The van der Waals surface area contributed by atoms with E-state index in [1.807, 2.05) is 0 Å². The number of piperidine rings is 5. The Kier molecular flexibility index (Phi) is 23.4. The van der Waals surface area contributed by atoms with Crippen molar-refractivity contribution in [2.24, 2.45) is 47.3 Å². The molecule has 0 bridgehead atoms. The summed E-state index contributed by atoms with van der Waals surface area (Å²) in [6, 6.07) is 1.39. The van der Waals surface area contributed by atoms with Gasteiger partial charge in [-0.25, -0.2) is 4.58 Å². The minimum atomic E-state index is 0.415. The van der Waals surface area contributed by atoms with Gasteiger partial charge in [-0.3, -0.25) is 0 Å². The Labute approximate surface area is 401 Å². The molecule has 0 radical (unpaired) electrons. The van der Waals surface area contributed by atoms with Gasteiger partial charge in [-0.15, -0.1) is 0 Å². The summed E-state index contributed by atoms with van der Waals surface area (Å²) in [6.45, 7) is 42.8. The third-order valence-electron chi connectivity index (χ3n) is 18.3. The van der Waals surface area contributed by atoms with E-state index in [9.17, 15) is 0 Å². The standard InChI is InChI=1S/C56H105N6O3/c1-45(2)53-17-25-57(26-18-53)37-40-64-44-52-15-33-61(34-16-52)49(7)11-9-47(5)55-21-29-59(30-22-55)39-42-65-56-23-35-62(36-24-56)50(8)12-10-48(6)54-19-27-58(28-20-54)38-41-63-43-51-13-31-60(32-14-51)46(3)4/h27,45-49,51-56H,8-26,28-44H2,1-7H3/q+1. The summed E-state index contributed by atoms with van der Waals surface area (Å²) < 4.78 is 21.4. The van der Waals surface area contributed by atoms with E-state index < -0.39 is 0 Å². The minimum absolute atomic E-state index is 0.415. The lowest BCUT2D eigenvalue weighted by Crippen LogP contribution is -2.42. The van der Waals surface area contributed by atoms with Crippen molar-refractivity contribution in [1.29, 1.82) is 0 Å². The van der Waals surface area contributed by atoms with Crippen molar-refractivity contribution < 1.29 is 18.8 Å². The normalized spacial score (nSPS) is 25.7. The Hall–Kier alpha value is -1.07. The second-order valence-electron chi connectivity index (χ2n) is 23.4. The summed E-state index contributed by atoms with van der Waals surface area (Å²) in [5, 5.41) is 0. The molecule has 6 aliphatic rings. The minimum Gasteiger partial charge on any atom is -0.380 e. The van der Waals surface area contributed by atoms with Crippen LogP contribution in [0.4, 0.5) is 0 Å². The van der Waals surface area contributed by atoms with Crippen molar-refractivity contribution in [3.8, 4) is 0 Å². The van der Waals surface area contributed by atoms with Crippen molar-refractivity contribution in [3.63, 3.8) is 0 Å². The first kappa shape index (κ1) is 53.3. The number of allylic oxidation sites excluding steroid dienone is 1. The molecule has 6 heterocycles. The quantitative estimate of drug-likeness (QED) is 0.0629. The van der Waals surface area contributed by atoms with Crippen molar-refractivity contribution in [3.05, 3.63) is 12.3 Å². The molecule has 9 heteroatoms. The predicted molar refractivity (Wildman–Crippen MR) is 273 cm³/mol. The van der Waals surface area contributed by atoms with Crippen LogP contribution in [-0.2, 0) is 14.2 Å². The zero-order valence-corrected chi connectivity index (χ0v) is 43.8. The van der Waals surface area contributed by atoms with E-state index in [1.165, 1.54) is 148 Å². The highest BCUT2D eigenvalue weighted by Gasteiger charge is 2.29. The summed E-state index contributed by atoms with van der Waals surface area (Å²) in [4.78, 5) is 13.3. The molecule has 0 aromatic carbocycles. The molecular formula is C56H105N6O3+. The summed E-state index contributed by atoms with van der Waals surface area (Å²) in [7, 11) is 0. The largest absolute Gasteiger partial charge is 0.380 e. The molecule has 0 aromatic rings. The van der Waals surface area contributed by atoms with Gasteiger partial charge < -0.3 is 38.7 Å². The number of ether oxygens (including phenoxy) is 3. The molecule has 5 saturated heterocycles. The van der Waals surface area contributed by atoms with Crippen LogP contribution in [0.2, 0.25) is 0 Å². The van der Waals surface area contributed by atoms with Gasteiger partial charge in [0.15, 0.2) is 6.54 Å². The van der Waals surface area contributed by atoms with Crippen LogP contribution in [0.3, 0.4) is 0 Å². The van der Waals surface area contributed by atoms with Gasteiger partial charge in [0, 0.05) is 70.0 Å². The molecule has 0 N–H and O–H groups in total. The first-order chi connectivity index (χ1) is 31.5. The van der Waals surface area contributed by atoms with Crippen LogP contribution in [-0.4, -0.2) is 178 Å². The van der Waals surface area contributed by atoms with Gasteiger partial charge in [0.1, 0.15) is 19.4 Å². The lowest BCUT2D eigenvalue weighted by atomic mass is 9.82. The van der Waals surface area contributed by atoms with Gasteiger partial charge >= 0.3 is 0 Å². The Morgan fingerprint density at radius 1 is 0.585 bits per heavy atom. The van der Waals surface area contributed by atoms with Gasteiger partial charge in [-0.05, 0) is 210 Å². The van der Waals surface area contributed by atoms with Crippen LogP contribution in [0.25, 0.3) is 0 Å². The Morgan fingerprint density at radius 3 is 1.74 bits per heavy atom. The molecule has 0 saturated carbocycles. The fourth-order valence-corrected chi connectivity index (χ4v) is 12.6. The lowest BCUT2D eigenvalue weighted by molar-refractivity contribution is -0.533. The summed E-state index contributed by atoms with van der Waals surface area (Å²) >= 11 is 0. The number of nitrogens with zero attached hydrogens (tertiary/aromatic N) is 6. The highest BCUT2D eigenvalue weighted by atomic mass is 16.5. The van der Waals surface area contributed by atoms with Crippen LogP contribution in [0.15, 0.2) is 12.3 Å². The average Bonchev–Trinajstić information content (AvgIpc) is 3.33. The maximum atomic E-state index is 6.50. The van der Waals surface area contributed by atoms with E-state index in [2.05, 4.69) is 90.3 Å². The molecule has 0 aromatic heterocycles. The topological polar surface area (TPSA) is 46.9 Å². The molecule has 376 valence electrons. The van der Waals surface area contributed by atoms with Gasteiger partial charge in [0.05, 0.1) is 19.3 Å². The number of hydrogen-bond donors (Lipinski definition) is 0. The third kappa shape index (κ3) is 18.3. The van der Waals surface area contributed by atoms with Crippen LogP contribution in [0.1, 0.15) is 151 Å². The zero-order valence-electron chi connectivity index (χ0n) is 43.8. The van der Waals surface area contributed by atoms with E-state index in [0.717, 1.165) is 132 Å². The van der Waals surface area contributed by atoms with E-state index >= 15 is 0 Å². The molecule has 0 aliphatic carbocycles. The fourth-order valence-electron chi connectivity index (χ4n) is 12.6. The molecule has 9 nitrogen and oxygen atoms in total. The highest BCUT2D eigenvalue weighted by Crippen LogP contribution is 2.32. The summed E-state index contributed by atoms with van der Waals surface area (Å²) in [6.07, 6.45) is 23.5. The Morgan fingerprint density at radius 2 is 1.15 bits per heavy atom. The summed E-state index contributed by atoms with van der Waals surface area (Å²) in [5.74, 6) is 6.55. The van der Waals surface area contributed by atoms with Crippen LogP contribution in [0.5, 0.6) is 0 Å². The number of likely N-dealkylation sites (tertiary alicyclic amines) is 5. The van der Waals surface area contributed by atoms with Crippen LogP contribution < -0.4 is 0 Å². The van der Waals surface area contributed by atoms with E-state index in [4.69, 9.17) is 14.2 Å². The maximum Gasteiger partial charge on any atom is 0.165 e. The highest BCUT2D eigenvalue weighted by molar-refractivity contribution is 5.52. The fraction of sp³-hybridized carbons (Fsp3) is 0.946. The number of rotatable bonds is 26. The molecule has 4 unspecified atom stereocenters. The SMILES string of the molecule is C=C(CCC(C)C1CC=[N+](CCOCC2CCN(C(C)C)CC2)CC1)N1CCC(OCCN2CCC(C(C)CCC(C)N3CCC(COCCN4CCC(C(C)C)CC4)CC3)CC2)CC1. The van der Waals surface area contributed by atoms with Gasteiger partial charge in [0.25, 0.3) is 0 Å². The van der Waals surface area contributed by atoms with Crippen LogP contribution >= 0.6 is 0 Å². The summed E-state index contributed by atoms with van der Waals surface area (Å²) in [5.41, 5.74) is 1.36. The van der Waals surface area contributed by atoms with Gasteiger partial charge in [-0.2, -0.15) is 0 Å². The molecule has 0 spiro atoms. The predicted octanol–water partition coefficient (Wildman–Crippen LogP) is 9.64. The first-order valence-electron chi connectivity index (χ1n) is 28.2. The molecular weight excluding hydrogens is 805 g/mol. The Bertz CT molecular complexity index is 1320. The third-order valence-corrected chi connectivity index (χ3v) is 18.3. The molecule has 5 fully saturated rings. The molecule has 6 rings (SSSR count). The van der Waals surface area contributed by atoms with E-state index in [0.29, 0.717) is 18.2 Å². The van der Waals surface area contributed by atoms with Crippen molar-refractivity contribution in [2.45, 2.75) is 169 Å². The molecule has 4 atom stereocenters. The van der Waals surface area contributed by atoms with Crippen molar-refractivity contribution >= 4 is 6.21 Å². The average molecular weight is 910 g/mol. The van der Waals surface area contributed by atoms with Crippen molar-refractivity contribution in [1.82, 2.24) is 24.5 Å². The molecule has 0 amide bonds. The zero-order chi connectivity index (χ0) is 46.0. The first-order valence-corrected chi connectivity index (χ1v) is 28.2. The van der Waals surface area contributed by atoms with Gasteiger partial charge in [-0.1, -0.05) is 34.3 Å². The lowest BCUT2D eigenvalue weighted by Gasteiger charge is -2.38. The maximum absolute atomic E-state index is 6.50. The Balaban J connectivity index is 0.726. The van der Waals surface area contributed by atoms with Crippen molar-refractivity contribution in [2.75, 3.05) is 125 Å². The van der Waals surface area contributed by atoms with Gasteiger partial charge in [0.2, 0.25) is 0 Å².